The number of nitrogens with zero attached hydrogens (tertiary/aromatic N) is 1. The van der Waals surface area contributed by atoms with Gasteiger partial charge in [0.2, 0.25) is 0 Å². The first-order chi connectivity index (χ1) is 7.75. The van der Waals surface area contributed by atoms with Gasteiger partial charge in [-0.05, 0) is 19.9 Å². The van der Waals surface area contributed by atoms with E-state index in [2.05, 4.69) is 10.6 Å². The molecule has 0 unspecified atom stereocenters. The second kappa shape index (κ2) is 8.79. The fraction of sp³-hybridized carbons (Fsp3) is 0.545. The zero-order valence-electron chi connectivity index (χ0n) is 9.95. The van der Waals surface area contributed by atoms with E-state index in [0.717, 1.165) is 30.0 Å². The van der Waals surface area contributed by atoms with Gasteiger partial charge in [-0.15, -0.1) is 0 Å². The largest absolute Gasteiger partial charge is 0.493 e. The van der Waals surface area contributed by atoms with E-state index in [9.17, 15) is 0 Å². The van der Waals surface area contributed by atoms with Crippen LogP contribution in [-0.4, -0.2) is 25.3 Å². The number of rotatable bonds is 5. The van der Waals surface area contributed by atoms with Crippen molar-refractivity contribution < 1.29 is 9.47 Å². The molecule has 0 atom stereocenters. The average Bonchev–Trinajstić information content (AvgIpc) is 2.32. The minimum atomic E-state index is 0.693. The summed E-state index contributed by atoms with van der Waals surface area (Å²) in [6.07, 6.45) is 2.69. The molecule has 0 amide bonds. The molecule has 1 heterocycles. The van der Waals surface area contributed by atoms with Gasteiger partial charge in [0.25, 0.3) is 0 Å². The molecule has 0 aliphatic rings. The van der Waals surface area contributed by atoms with Crippen molar-refractivity contribution >= 4 is 0 Å². The zero-order chi connectivity index (χ0) is 12.4. The molecular formula is C11H18N2O3. The molecule has 90 valence electrons. The van der Waals surface area contributed by atoms with Crippen LogP contribution in [0.15, 0.2) is 12.3 Å². The van der Waals surface area contributed by atoms with E-state index in [4.69, 9.17) is 14.4 Å². The van der Waals surface area contributed by atoms with Crippen LogP contribution in [0.4, 0.5) is 0 Å². The van der Waals surface area contributed by atoms with Crippen LogP contribution in [0.25, 0.3) is 0 Å². The normalized spacial score (nSPS) is 9.19. The summed E-state index contributed by atoms with van der Waals surface area (Å²) >= 11 is 0. The molecule has 0 bridgehead atoms. The van der Waals surface area contributed by atoms with Crippen molar-refractivity contribution in [2.24, 2.45) is 0 Å². The van der Waals surface area contributed by atoms with Gasteiger partial charge in [0.1, 0.15) is 5.75 Å². The lowest BCUT2D eigenvalue weighted by Gasteiger charge is -2.09. The SMILES string of the molecule is COCCCOc1ccnc(C)c1C.N=O. The first-order valence-electron chi connectivity index (χ1n) is 5.00. The van der Waals surface area contributed by atoms with E-state index in [-0.39, 0.29) is 0 Å². The van der Waals surface area contributed by atoms with Crippen molar-refractivity contribution in [3.05, 3.63) is 28.4 Å². The van der Waals surface area contributed by atoms with Gasteiger partial charge < -0.3 is 9.47 Å². The molecule has 1 aromatic rings. The minimum Gasteiger partial charge on any atom is -0.493 e. The molecule has 0 saturated carbocycles. The molecule has 0 aliphatic heterocycles. The lowest BCUT2D eigenvalue weighted by molar-refractivity contribution is 0.172. The Morgan fingerprint density at radius 1 is 1.31 bits per heavy atom. The minimum absolute atomic E-state index is 0.693. The summed E-state index contributed by atoms with van der Waals surface area (Å²) in [7, 11) is 1.70. The molecule has 0 saturated heterocycles. The van der Waals surface area contributed by atoms with E-state index in [1.165, 1.54) is 0 Å². The second-order valence-corrected chi connectivity index (χ2v) is 3.21. The standard InChI is InChI=1S/C11H17NO2.HNO/c1-9-10(2)12-6-5-11(9)14-8-4-7-13-3;1-2/h5-6H,4,7-8H2,1-3H3;1H. The number of ether oxygens (including phenoxy) is 2. The van der Waals surface area contributed by atoms with Gasteiger partial charge in [-0.1, -0.05) is 5.59 Å². The van der Waals surface area contributed by atoms with Gasteiger partial charge in [0.05, 0.1) is 6.61 Å². The Balaban J connectivity index is 0.00000106. The molecule has 0 radical (unpaired) electrons. The Bertz CT molecular complexity index is 305. The van der Waals surface area contributed by atoms with E-state index >= 15 is 0 Å². The fourth-order valence-corrected chi connectivity index (χ4v) is 1.16. The van der Waals surface area contributed by atoms with Crippen molar-refractivity contribution in [3.8, 4) is 5.75 Å². The Hall–Kier alpha value is -1.49. The summed E-state index contributed by atoms with van der Waals surface area (Å²) in [6, 6.07) is 1.90. The molecule has 0 spiro atoms. The van der Waals surface area contributed by atoms with Crippen molar-refractivity contribution in [2.45, 2.75) is 20.3 Å². The summed E-state index contributed by atoms with van der Waals surface area (Å²) in [5.74, 6) is 0.925. The predicted molar refractivity (Wildman–Crippen MR) is 61.8 cm³/mol. The van der Waals surface area contributed by atoms with Gasteiger partial charge >= 0.3 is 0 Å². The van der Waals surface area contributed by atoms with Crippen LogP contribution in [0.5, 0.6) is 5.75 Å². The highest BCUT2D eigenvalue weighted by molar-refractivity contribution is 5.33. The first-order valence-corrected chi connectivity index (χ1v) is 5.00. The van der Waals surface area contributed by atoms with Crippen LogP contribution in [0.2, 0.25) is 0 Å². The van der Waals surface area contributed by atoms with E-state index in [0.29, 0.717) is 6.61 Å². The molecule has 0 fully saturated rings. The Kier molecular flexibility index (Phi) is 7.97. The fourth-order valence-electron chi connectivity index (χ4n) is 1.16. The molecule has 16 heavy (non-hydrogen) atoms. The lowest BCUT2D eigenvalue weighted by Crippen LogP contribution is -2.03. The van der Waals surface area contributed by atoms with Gasteiger partial charge in [0, 0.05) is 37.6 Å². The summed E-state index contributed by atoms with van der Waals surface area (Å²) in [5, 5.41) is 0. The highest BCUT2D eigenvalue weighted by Gasteiger charge is 2.01. The van der Waals surface area contributed by atoms with Crippen molar-refractivity contribution in [2.75, 3.05) is 20.3 Å². The lowest BCUT2D eigenvalue weighted by atomic mass is 10.2. The molecule has 1 aromatic heterocycles. The highest BCUT2D eigenvalue weighted by Crippen LogP contribution is 2.18. The summed E-state index contributed by atoms with van der Waals surface area (Å²) < 4.78 is 10.5. The number of nitrogens with one attached hydrogen (secondary N) is 1. The molecule has 0 aromatic carbocycles. The molecule has 5 nitrogen and oxygen atoms in total. The first kappa shape index (κ1) is 14.5. The maximum atomic E-state index is 7.50. The molecule has 1 N–H and O–H groups in total. The van der Waals surface area contributed by atoms with Gasteiger partial charge in [-0.3, -0.25) is 4.98 Å². The maximum Gasteiger partial charge on any atom is 0.125 e. The van der Waals surface area contributed by atoms with Crippen LogP contribution in [-0.2, 0) is 4.74 Å². The average molecular weight is 226 g/mol. The van der Waals surface area contributed by atoms with Crippen LogP contribution >= 0.6 is 0 Å². The monoisotopic (exact) mass is 226 g/mol. The number of hydrogen-bond donors (Lipinski definition) is 1. The summed E-state index contributed by atoms with van der Waals surface area (Å²) in [5.41, 5.74) is 6.64. The van der Waals surface area contributed by atoms with Crippen LogP contribution in [0.3, 0.4) is 0 Å². The Labute approximate surface area is 95.6 Å². The topological polar surface area (TPSA) is 72.3 Å². The van der Waals surface area contributed by atoms with E-state index in [1.54, 1.807) is 13.3 Å². The summed E-state index contributed by atoms with van der Waals surface area (Å²) in [6.45, 7) is 5.44. The zero-order valence-corrected chi connectivity index (χ0v) is 9.95. The predicted octanol–water partition coefficient (Wildman–Crippen LogP) is 2.45. The maximum absolute atomic E-state index is 7.50. The van der Waals surface area contributed by atoms with Crippen LogP contribution < -0.4 is 4.74 Å². The number of aryl methyl sites for hydroxylation is 1. The highest BCUT2D eigenvalue weighted by atomic mass is 16.5. The summed E-state index contributed by atoms with van der Waals surface area (Å²) in [4.78, 5) is 11.7. The molecule has 0 aliphatic carbocycles. The number of nitroso groups, excluding NO2 is 1. The number of hydrogen-bond acceptors (Lipinski definition) is 5. The van der Waals surface area contributed by atoms with E-state index < -0.39 is 0 Å². The molecule has 1 rings (SSSR count). The van der Waals surface area contributed by atoms with Gasteiger partial charge in [-0.2, -0.15) is 4.91 Å². The third kappa shape index (κ3) is 4.84. The van der Waals surface area contributed by atoms with Crippen LogP contribution in [0, 0.1) is 24.3 Å². The van der Waals surface area contributed by atoms with Gasteiger partial charge in [0.15, 0.2) is 0 Å². The van der Waals surface area contributed by atoms with Crippen molar-refractivity contribution in [1.29, 1.82) is 5.59 Å². The quantitative estimate of drug-likeness (QED) is 0.618. The Morgan fingerprint density at radius 3 is 2.62 bits per heavy atom. The smallest absolute Gasteiger partial charge is 0.125 e. The van der Waals surface area contributed by atoms with E-state index in [1.807, 2.05) is 19.9 Å². The third-order valence-electron chi connectivity index (χ3n) is 2.16. The number of aromatic nitrogens is 1. The molecule has 5 heteroatoms. The second-order valence-electron chi connectivity index (χ2n) is 3.21. The van der Waals surface area contributed by atoms with Crippen molar-refractivity contribution in [1.82, 2.24) is 4.98 Å². The number of pyridine rings is 1. The van der Waals surface area contributed by atoms with Gasteiger partial charge in [-0.25, -0.2) is 0 Å². The molecular weight excluding hydrogens is 208 g/mol. The Morgan fingerprint density at radius 2 is 2.00 bits per heavy atom. The van der Waals surface area contributed by atoms with Crippen LogP contribution in [0.1, 0.15) is 17.7 Å². The van der Waals surface area contributed by atoms with Crippen molar-refractivity contribution in [3.63, 3.8) is 0 Å². The number of methoxy groups -OCH3 is 1. The third-order valence-corrected chi connectivity index (χ3v) is 2.16.